The largest absolute Gasteiger partial charge is 0.481 e. The van der Waals surface area contributed by atoms with E-state index in [4.69, 9.17) is 9.52 Å². The van der Waals surface area contributed by atoms with E-state index in [1.54, 1.807) is 18.4 Å². The molecular weight excluding hydrogens is 156 g/mol. The first kappa shape index (κ1) is 8.59. The van der Waals surface area contributed by atoms with E-state index >= 15 is 0 Å². The zero-order valence-corrected chi connectivity index (χ0v) is 6.62. The molecule has 0 unspecified atom stereocenters. The van der Waals surface area contributed by atoms with E-state index in [-0.39, 0.29) is 6.42 Å². The molecule has 1 rings (SSSR count). The standard InChI is InChI=1S/C9H10O3/c1-7(6-9(10)11)5-8-3-2-4-12-8/h2-4H,1,5-6H2,(H,10,11). The first-order chi connectivity index (χ1) is 5.68. The summed E-state index contributed by atoms with van der Waals surface area (Å²) < 4.78 is 5.03. The second-order valence-electron chi connectivity index (χ2n) is 2.58. The maximum absolute atomic E-state index is 10.2. The Balaban J connectivity index is 2.42. The van der Waals surface area contributed by atoms with E-state index in [9.17, 15) is 4.79 Å². The second kappa shape index (κ2) is 3.76. The second-order valence-corrected chi connectivity index (χ2v) is 2.58. The predicted octanol–water partition coefficient (Wildman–Crippen LogP) is 1.85. The van der Waals surface area contributed by atoms with Crippen LogP contribution in [0.4, 0.5) is 0 Å². The molecule has 1 aromatic rings. The highest BCUT2D eigenvalue weighted by Crippen LogP contribution is 2.09. The van der Waals surface area contributed by atoms with E-state index in [0.29, 0.717) is 12.0 Å². The molecule has 0 bridgehead atoms. The summed E-state index contributed by atoms with van der Waals surface area (Å²) in [5.41, 5.74) is 0.650. The van der Waals surface area contributed by atoms with E-state index in [2.05, 4.69) is 6.58 Å². The fraction of sp³-hybridized carbons (Fsp3) is 0.222. The van der Waals surface area contributed by atoms with Crippen molar-refractivity contribution < 1.29 is 14.3 Å². The minimum atomic E-state index is -0.855. The first-order valence-corrected chi connectivity index (χ1v) is 3.59. The van der Waals surface area contributed by atoms with Crippen LogP contribution in [0, 0.1) is 0 Å². The summed E-state index contributed by atoms with van der Waals surface area (Å²) in [4.78, 5) is 10.2. The average molecular weight is 166 g/mol. The van der Waals surface area contributed by atoms with Crippen molar-refractivity contribution in [1.82, 2.24) is 0 Å². The lowest BCUT2D eigenvalue weighted by Gasteiger charge is -1.97. The average Bonchev–Trinajstić information content (AvgIpc) is 2.37. The zero-order valence-electron chi connectivity index (χ0n) is 6.62. The third kappa shape index (κ3) is 2.62. The number of rotatable bonds is 4. The van der Waals surface area contributed by atoms with Crippen molar-refractivity contribution in [3.63, 3.8) is 0 Å². The fourth-order valence-electron chi connectivity index (χ4n) is 0.936. The molecule has 0 amide bonds. The lowest BCUT2D eigenvalue weighted by molar-refractivity contribution is -0.136. The molecule has 3 heteroatoms. The maximum atomic E-state index is 10.2. The Hall–Kier alpha value is -1.51. The minimum absolute atomic E-state index is 0.000694. The number of carboxylic acids is 1. The molecule has 64 valence electrons. The normalized spacial score (nSPS) is 9.67. The molecule has 0 saturated carbocycles. The van der Waals surface area contributed by atoms with Crippen molar-refractivity contribution in [2.75, 3.05) is 0 Å². The van der Waals surface area contributed by atoms with Crippen molar-refractivity contribution in [3.05, 3.63) is 36.3 Å². The van der Waals surface area contributed by atoms with Gasteiger partial charge in [-0.3, -0.25) is 4.79 Å². The summed E-state index contributed by atoms with van der Waals surface area (Å²) in [6, 6.07) is 3.57. The van der Waals surface area contributed by atoms with Crippen molar-refractivity contribution in [2.24, 2.45) is 0 Å². The molecule has 0 radical (unpaired) electrons. The smallest absolute Gasteiger partial charge is 0.307 e. The summed E-state index contributed by atoms with van der Waals surface area (Å²) in [5, 5.41) is 8.42. The van der Waals surface area contributed by atoms with Crippen LogP contribution in [-0.4, -0.2) is 11.1 Å². The van der Waals surface area contributed by atoms with Crippen molar-refractivity contribution in [1.29, 1.82) is 0 Å². The summed E-state index contributed by atoms with van der Waals surface area (Å²) in [6.45, 7) is 3.63. The van der Waals surface area contributed by atoms with Gasteiger partial charge in [0.1, 0.15) is 5.76 Å². The van der Waals surface area contributed by atoms with Gasteiger partial charge in [-0.05, 0) is 12.1 Å². The fourth-order valence-corrected chi connectivity index (χ4v) is 0.936. The Morgan fingerprint density at radius 3 is 2.92 bits per heavy atom. The number of aliphatic carboxylic acids is 1. The van der Waals surface area contributed by atoms with Crippen molar-refractivity contribution in [2.45, 2.75) is 12.8 Å². The van der Waals surface area contributed by atoms with Crippen LogP contribution < -0.4 is 0 Å². The maximum Gasteiger partial charge on any atom is 0.307 e. The van der Waals surface area contributed by atoms with E-state index < -0.39 is 5.97 Å². The SMILES string of the molecule is C=C(CC(=O)O)Cc1ccco1. The Morgan fingerprint density at radius 2 is 2.42 bits per heavy atom. The lowest BCUT2D eigenvalue weighted by atomic mass is 10.1. The molecule has 1 N–H and O–H groups in total. The van der Waals surface area contributed by atoms with Crippen LogP contribution in [0.15, 0.2) is 35.0 Å². The summed E-state index contributed by atoms with van der Waals surface area (Å²) >= 11 is 0. The van der Waals surface area contributed by atoms with Crippen LogP contribution in [0.1, 0.15) is 12.2 Å². The minimum Gasteiger partial charge on any atom is -0.481 e. The van der Waals surface area contributed by atoms with E-state index in [1.165, 1.54) is 0 Å². The molecule has 0 spiro atoms. The topological polar surface area (TPSA) is 50.4 Å². The van der Waals surface area contributed by atoms with Gasteiger partial charge < -0.3 is 9.52 Å². The third-order valence-corrected chi connectivity index (χ3v) is 1.41. The molecule has 3 nitrogen and oxygen atoms in total. The molecule has 0 aliphatic carbocycles. The number of carboxylic acid groups (broad SMARTS) is 1. The van der Waals surface area contributed by atoms with Gasteiger partial charge in [-0.25, -0.2) is 0 Å². The number of hydrogen-bond donors (Lipinski definition) is 1. The molecular formula is C9H10O3. The number of hydrogen-bond acceptors (Lipinski definition) is 2. The monoisotopic (exact) mass is 166 g/mol. The Morgan fingerprint density at radius 1 is 1.67 bits per heavy atom. The van der Waals surface area contributed by atoms with Crippen LogP contribution in [0.25, 0.3) is 0 Å². The van der Waals surface area contributed by atoms with Crippen LogP contribution in [0.3, 0.4) is 0 Å². The predicted molar refractivity (Wildman–Crippen MR) is 43.8 cm³/mol. The molecule has 0 aliphatic rings. The van der Waals surface area contributed by atoms with Gasteiger partial charge in [0, 0.05) is 6.42 Å². The molecule has 1 heterocycles. The van der Waals surface area contributed by atoms with Gasteiger partial charge in [0.25, 0.3) is 0 Å². The highest BCUT2D eigenvalue weighted by atomic mass is 16.4. The zero-order chi connectivity index (χ0) is 8.97. The molecule has 0 aliphatic heterocycles. The van der Waals surface area contributed by atoms with Gasteiger partial charge in [-0.1, -0.05) is 12.2 Å². The highest BCUT2D eigenvalue weighted by Gasteiger charge is 2.03. The highest BCUT2D eigenvalue weighted by molar-refractivity contribution is 5.69. The molecule has 0 atom stereocenters. The molecule has 12 heavy (non-hydrogen) atoms. The van der Waals surface area contributed by atoms with Gasteiger partial charge in [-0.15, -0.1) is 0 Å². The van der Waals surface area contributed by atoms with E-state index in [1.807, 2.05) is 0 Å². The van der Waals surface area contributed by atoms with Gasteiger partial charge in [-0.2, -0.15) is 0 Å². The molecule has 0 saturated heterocycles. The van der Waals surface area contributed by atoms with Crippen molar-refractivity contribution in [3.8, 4) is 0 Å². The van der Waals surface area contributed by atoms with Gasteiger partial charge in [0.15, 0.2) is 0 Å². The Bertz CT molecular complexity index is 272. The van der Waals surface area contributed by atoms with Crippen LogP contribution in [0.2, 0.25) is 0 Å². The third-order valence-electron chi connectivity index (χ3n) is 1.41. The lowest BCUT2D eigenvalue weighted by Crippen LogP contribution is -1.98. The number of carbonyl (C=O) groups is 1. The molecule has 1 aromatic heterocycles. The van der Waals surface area contributed by atoms with Gasteiger partial charge >= 0.3 is 5.97 Å². The van der Waals surface area contributed by atoms with Crippen LogP contribution >= 0.6 is 0 Å². The molecule has 0 aromatic carbocycles. The van der Waals surface area contributed by atoms with Gasteiger partial charge in [0.05, 0.1) is 12.7 Å². The summed E-state index contributed by atoms with van der Waals surface area (Å²) in [7, 11) is 0. The van der Waals surface area contributed by atoms with Crippen molar-refractivity contribution >= 4 is 5.97 Å². The Labute approximate surface area is 70.3 Å². The first-order valence-electron chi connectivity index (χ1n) is 3.59. The number of furan rings is 1. The van der Waals surface area contributed by atoms with Crippen LogP contribution in [-0.2, 0) is 11.2 Å². The Kier molecular flexibility index (Phi) is 2.69. The quantitative estimate of drug-likeness (QED) is 0.694. The summed E-state index contributed by atoms with van der Waals surface area (Å²) in [5.74, 6) is -0.104. The summed E-state index contributed by atoms with van der Waals surface area (Å²) in [6.07, 6.45) is 2.06. The molecule has 0 fully saturated rings. The van der Waals surface area contributed by atoms with Crippen LogP contribution in [0.5, 0.6) is 0 Å². The van der Waals surface area contributed by atoms with Gasteiger partial charge in [0.2, 0.25) is 0 Å². The van der Waals surface area contributed by atoms with E-state index in [0.717, 1.165) is 5.76 Å².